The molecule has 0 bridgehead atoms. The number of aromatic nitrogens is 2. The molecule has 4 aromatic rings. The molecule has 0 saturated carbocycles. The second-order valence-electron chi connectivity index (χ2n) is 10.1. The number of benzene rings is 2. The van der Waals surface area contributed by atoms with Crippen LogP contribution < -0.4 is 5.32 Å². The molecule has 2 heterocycles. The highest BCUT2D eigenvalue weighted by Gasteiger charge is 2.31. The summed E-state index contributed by atoms with van der Waals surface area (Å²) in [6.07, 6.45) is 3.70. The lowest BCUT2D eigenvalue weighted by Crippen LogP contribution is -2.22. The van der Waals surface area contributed by atoms with Gasteiger partial charge in [0.05, 0.1) is 15.7 Å². The Morgan fingerprint density at radius 3 is 2.62 bits per heavy atom. The van der Waals surface area contributed by atoms with E-state index in [1.54, 1.807) is 18.3 Å². The number of ketones is 1. The summed E-state index contributed by atoms with van der Waals surface area (Å²) in [4.78, 5) is 34.3. The van der Waals surface area contributed by atoms with Crippen LogP contribution in [0.1, 0.15) is 57.8 Å². The SMILES string of the molecule is CC(C)SCC1CC(=O)c2c([nH]c(-c3ccnc(NC(=O)c4ccc(Cl)c(Cl)c4)c3)c2Cc2ccccc2)C1. The Bertz CT molecular complexity index is 1520. The Balaban J connectivity index is 1.49. The first kappa shape index (κ1) is 27.5. The molecule has 39 heavy (non-hydrogen) atoms. The molecule has 1 aliphatic carbocycles. The third kappa shape index (κ3) is 6.40. The summed E-state index contributed by atoms with van der Waals surface area (Å²) in [6, 6.07) is 18.6. The Hall–Kier alpha value is -3.06. The zero-order valence-corrected chi connectivity index (χ0v) is 24.1. The number of halogens is 2. The van der Waals surface area contributed by atoms with E-state index in [0.717, 1.165) is 45.8 Å². The number of rotatable bonds is 8. The average Bonchev–Trinajstić information content (AvgIpc) is 3.28. The van der Waals surface area contributed by atoms with Crippen molar-refractivity contribution in [2.45, 2.75) is 38.4 Å². The minimum Gasteiger partial charge on any atom is -0.358 e. The molecule has 1 aliphatic rings. The highest BCUT2D eigenvalue weighted by atomic mass is 35.5. The van der Waals surface area contributed by atoms with Gasteiger partial charge in [0, 0.05) is 41.4 Å². The largest absolute Gasteiger partial charge is 0.358 e. The number of pyridine rings is 1. The fourth-order valence-corrected chi connectivity index (χ4v) is 6.15. The maximum absolute atomic E-state index is 13.5. The van der Waals surface area contributed by atoms with Gasteiger partial charge >= 0.3 is 0 Å². The zero-order chi connectivity index (χ0) is 27.5. The number of nitrogens with one attached hydrogen (secondary N) is 2. The number of thioether (sulfide) groups is 1. The number of amides is 1. The van der Waals surface area contributed by atoms with E-state index < -0.39 is 0 Å². The number of anilines is 1. The van der Waals surface area contributed by atoms with E-state index in [2.05, 4.69) is 41.3 Å². The molecule has 5 rings (SSSR count). The maximum atomic E-state index is 13.5. The van der Waals surface area contributed by atoms with Gasteiger partial charge in [0.2, 0.25) is 0 Å². The monoisotopic (exact) mass is 577 g/mol. The molecule has 200 valence electrons. The van der Waals surface area contributed by atoms with Gasteiger partial charge in [0.15, 0.2) is 5.78 Å². The summed E-state index contributed by atoms with van der Waals surface area (Å²) >= 11 is 14.0. The number of fused-ring (bicyclic) bond motifs is 1. The Labute approximate surface area is 242 Å². The lowest BCUT2D eigenvalue weighted by molar-refractivity contribution is 0.0952. The number of H-pyrrole nitrogens is 1. The summed E-state index contributed by atoms with van der Waals surface area (Å²) in [7, 11) is 0. The van der Waals surface area contributed by atoms with E-state index in [0.29, 0.717) is 45.4 Å². The van der Waals surface area contributed by atoms with Gasteiger partial charge in [-0.1, -0.05) is 67.4 Å². The van der Waals surface area contributed by atoms with Crippen molar-refractivity contribution in [1.29, 1.82) is 0 Å². The van der Waals surface area contributed by atoms with Crippen molar-refractivity contribution < 1.29 is 9.59 Å². The van der Waals surface area contributed by atoms with Crippen LogP contribution in [0.2, 0.25) is 10.0 Å². The summed E-state index contributed by atoms with van der Waals surface area (Å²) in [5.41, 5.74) is 6.07. The Kier molecular flexibility index (Phi) is 8.46. The highest BCUT2D eigenvalue weighted by Crippen LogP contribution is 2.37. The maximum Gasteiger partial charge on any atom is 0.256 e. The second kappa shape index (κ2) is 12.0. The van der Waals surface area contributed by atoms with Crippen molar-refractivity contribution in [2.24, 2.45) is 5.92 Å². The van der Waals surface area contributed by atoms with Crippen molar-refractivity contribution >= 4 is 52.5 Å². The molecule has 2 aromatic carbocycles. The molecule has 0 saturated heterocycles. The lowest BCUT2D eigenvalue weighted by Gasteiger charge is -2.22. The first-order valence-electron chi connectivity index (χ1n) is 12.9. The van der Waals surface area contributed by atoms with E-state index >= 15 is 0 Å². The fourth-order valence-electron chi connectivity index (χ4n) is 4.96. The van der Waals surface area contributed by atoms with Gasteiger partial charge in [-0.05, 0) is 64.8 Å². The van der Waals surface area contributed by atoms with Gasteiger partial charge in [0.25, 0.3) is 5.91 Å². The van der Waals surface area contributed by atoms with Gasteiger partial charge in [-0.3, -0.25) is 9.59 Å². The van der Waals surface area contributed by atoms with Gasteiger partial charge in [-0.2, -0.15) is 11.8 Å². The van der Waals surface area contributed by atoms with E-state index in [1.165, 1.54) is 6.07 Å². The lowest BCUT2D eigenvalue weighted by atomic mass is 9.84. The fraction of sp³-hybridized carbons (Fsp3) is 0.258. The predicted molar refractivity (Wildman–Crippen MR) is 161 cm³/mol. The number of hydrogen-bond donors (Lipinski definition) is 2. The number of nitrogens with zero attached hydrogens (tertiary/aromatic N) is 1. The van der Waals surface area contributed by atoms with Crippen molar-refractivity contribution in [3.05, 3.63) is 105 Å². The molecule has 1 atom stereocenters. The van der Waals surface area contributed by atoms with E-state index in [9.17, 15) is 9.59 Å². The first-order valence-corrected chi connectivity index (χ1v) is 14.7. The van der Waals surface area contributed by atoms with Crippen LogP contribution in [0.4, 0.5) is 5.82 Å². The van der Waals surface area contributed by atoms with Crippen molar-refractivity contribution in [2.75, 3.05) is 11.1 Å². The van der Waals surface area contributed by atoms with Crippen LogP contribution >= 0.6 is 35.0 Å². The van der Waals surface area contributed by atoms with Crippen LogP contribution in [-0.4, -0.2) is 32.7 Å². The minimum absolute atomic E-state index is 0.196. The zero-order valence-electron chi connectivity index (χ0n) is 21.8. The summed E-state index contributed by atoms with van der Waals surface area (Å²) in [6.45, 7) is 4.37. The number of carbonyl (C=O) groups is 2. The van der Waals surface area contributed by atoms with Crippen LogP contribution in [-0.2, 0) is 12.8 Å². The van der Waals surface area contributed by atoms with E-state index in [-0.39, 0.29) is 11.7 Å². The van der Waals surface area contributed by atoms with Crippen LogP contribution in [0.25, 0.3) is 11.3 Å². The molecule has 2 aromatic heterocycles. The normalized spacial score (nSPS) is 14.9. The molecular weight excluding hydrogens is 549 g/mol. The van der Waals surface area contributed by atoms with Gasteiger partial charge < -0.3 is 10.3 Å². The molecule has 2 N–H and O–H groups in total. The van der Waals surface area contributed by atoms with Crippen molar-refractivity contribution in [3.8, 4) is 11.3 Å². The van der Waals surface area contributed by atoms with E-state index in [1.807, 2.05) is 42.1 Å². The topological polar surface area (TPSA) is 74.8 Å². The molecule has 0 spiro atoms. The molecule has 0 aliphatic heterocycles. The first-order chi connectivity index (χ1) is 18.8. The molecular formula is C31H29Cl2N3O2S. The second-order valence-corrected chi connectivity index (χ2v) is 12.5. The summed E-state index contributed by atoms with van der Waals surface area (Å²) in [5.74, 6) is 1.53. The molecule has 8 heteroatoms. The van der Waals surface area contributed by atoms with E-state index in [4.69, 9.17) is 23.2 Å². The van der Waals surface area contributed by atoms with Crippen molar-refractivity contribution in [3.63, 3.8) is 0 Å². The predicted octanol–water partition coefficient (Wildman–Crippen LogP) is 8.11. The van der Waals surface area contributed by atoms with Crippen LogP contribution in [0, 0.1) is 5.92 Å². The Morgan fingerprint density at radius 1 is 1.08 bits per heavy atom. The molecule has 1 amide bonds. The standard InChI is InChI=1S/C31H29Cl2N3O2S/c1-18(2)39-17-20-13-26-29(27(37)14-20)23(12-19-6-4-3-5-7-19)30(35-26)21-10-11-34-28(16-21)36-31(38)22-8-9-24(32)25(33)15-22/h3-11,15-16,18,20,35H,12-14,17H2,1-2H3,(H,34,36,38). The minimum atomic E-state index is -0.339. The number of aromatic amines is 1. The quantitative estimate of drug-likeness (QED) is 0.222. The molecule has 1 unspecified atom stereocenters. The van der Waals surface area contributed by atoms with Crippen LogP contribution in [0.5, 0.6) is 0 Å². The third-order valence-electron chi connectivity index (χ3n) is 6.79. The number of hydrogen-bond acceptors (Lipinski definition) is 4. The molecule has 5 nitrogen and oxygen atoms in total. The number of carbonyl (C=O) groups excluding carboxylic acids is 2. The smallest absolute Gasteiger partial charge is 0.256 e. The van der Waals surface area contributed by atoms with Crippen LogP contribution in [0.15, 0.2) is 66.9 Å². The Morgan fingerprint density at radius 2 is 1.87 bits per heavy atom. The molecule has 0 radical (unpaired) electrons. The molecule has 0 fully saturated rings. The highest BCUT2D eigenvalue weighted by molar-refractivity contribution is 7.99. The van der Waals surface area contributed by atoms with Gasteiger partial charge in [-0.25, -0.2) is 4.98 Å². The summed E-state index contributed by atoms with van der Waals surface area (Å²) < 4.78 is 0. The number of Topliss-reactive ketones (excluding diaryl/α,β-unsaturated/α-hetero) is 1. The third-order valence-corrected chi connectivity index (χ3v) is 8.86. The average molecular weight is 579 g/mol. The van der Waals surface area contributed by atoms with Gasteiger partial charge in [-0.15, -0.1) is 0 Å². The summed E-state index contributed by atoms with van der Waals surface area (Å²) in [5, 5.41) is 4.08. The van der Waals surface area contributed by atoms with Crippen LogP contribution in [0.3, 0.4) is 0 Å². The van der Waals surface area contributed by atoms with Crippen molar-refractivity contribution in [1.82, 2.24) is 9.97 Å². The van der Waals surface area contributed by atoms with Gasteiger partial charge in [0.1, 0.15) is 5.82 Å².